The zero-order valence-electron chi connectivity index (χ0n) is 23.9. The number of hydrogen-bond acceptors (Lipinski definition) is 6. The molecule has 2 amide bonds. The highest BCUT2D eigenvalue weighted by atomic mass is 32.2. The summed E-state index contributed by atoms with van der Waals surface area (Å²) in [6.45, 7) is 10.7. The Kier molecular flexibility index (Phi) is 10.2. The fraction of sp³-hybridized carbons (Fsp3) is 0.483. The smallest absolute Gasteiger partial charge is 0.320 e. The van der Waals surface area contributed by atoms with Gasteiger partial charge in [0.25, 0.3) is 0 Å². The van der Waals surface area contributed by atoms with Crippen molar-refractivity contribution < 1.29 is 26.4 Å². The van der Waals surface area contributed by atoms with E-state index in [-0.39, 0.29) is 42.0 Å². The van der Waals surface area contributed by atoms with E-state index in [9.17, 15) is 21.6 Å². The van der Waals surface area contributed by atoms with E-state index < -0.39 is 20.0 Å². The van der Waals surface area contributed by atoms with Crippen molar-refractivity contribution in [3.05, 3.63) is 71.8 Å². The average Bonchev–Trinajstić information content (AvgIpc) is 2.95. The molecule has 0 atom stereocenters. The van der Waals surface area contributed by atoms with Crippen molar-refractivity contribution in [3.63, 3.8) is 0 Å². The first-order valence-electron chi connectivity index (χ1n) is 13.9. The molecule has 0 spiro atoms. The van der Waals surface area contributed by atoms with Gasteiger partial charge in [-0.3, -0.25) is 0 Å². The van der Waals surface area contributed by atoms with Crippen molar-refractivity contribution in [2.75, 3.05) is 65.6 Å². The Hall–Kier alpha value is -2.77. The lowest BCUT2D eigenvalue weighted by Gasteiger charge is -2.34. The summed E-state index contributed by atoms with van der Waals surface area (Å²) in [7, 11) is -7.79. The lowest BCUT2D eigenvalue weighted by Crippen LogP contribution is -2.50. The number of aryl methyl sites for hydroxylation is 2. The normalized spacial score (nSPS) is 19.4. The molecule has 2 aliphatic rings. The lowest BCUT2D eigenvalue weighted by atomic mass is 10.2. The quantitative estimate of drug-likeness (QED) is 0.497. The van der Waals surface area contributed by atoms with Gasteiger partial charge in [0, 0.05) is 52.4 Å². The molecular weight excluding hydrogens is 564 g/mol. The second-order valence-electron chi connectivity index (χ2n) is 10.6. The predicted molar refractivity (Wildman–Crippen MR) is 158 cm³/mol. The van der Waals surface area contributed by atoms with Crippen LogP contribution < -0.4 is 0 Å². The van der Waals surface area contributed by atoms with Crippen LogP contribution in [0.15, 0.2) is 70.5 Å². The fourth-order valence-electron chi connectivity index (χ4n) is 4.97. The van der Waals surface area contributed by atoms with Gasteiger partial charge < -0.3 is 14.5 Å². The van der Waals surface area contributed by atoms with E-state index in [0.29, 0.717) is 57.8 Å². The molecule has 2 saturated heterocycles. The molecule has 41 heavy (non-hydrogen) atoms. The van der Waals surface area contributed by atoms with Crippen molar-refractivity contribution in [2.45, 2.75) is 36.5 Å². The van der Waals surface area contributed by atoms with Gasteiger partial charge in [-0.05, 0) is 56.5 Å². The standard InChI is InChI=1S/C29H40N4O6S2/c1-24-6-10-27(11-7-24)40(35,36)32-16-4-14-30(29(34)31-18-20-39-21-19-31)15-5-17-33(23-26(3)22-32)41(37,38)28-12-8-25(2)9-13-28/h6-13H,3-5,14-23H2,1-2H3. The Morgan fingerprint density at radius 2 is 1.05 bits per heavy atom. The highest BCUT2D eigenvalue weighted by molar-refractivity contribution is 7.89. The first-order valence-corrected chi connectivity index (χ1v) is 16.8. The van der Waals surface area contributed by atoms with Crippen molar-refractivity contribution >= 4 is 26.1 Å². The SMILES string of the molecule is C=C1CN(S(=O)(=O)c2ccc(C)cc2)CCCN(C(=O)N2CCOCC2)CCCN(S(=O)(=O)c2ccc(C)cc2)C1. The Morgan fingerprint density at radius 3 is 1.46 bits per heavy atom. The molecule has 0 unspecified atom stereocenters. The first-order chi connectivity index (χ1) is 19.5. The van der Waals surface area contributed by atoms with Gasteiger partial charge in [-0.15, -0.1) is 0 Å². The zero-order valence-corrected chi connectivity index (χ0v) is 25.5. The summed E-state index contributed by atoms with van der Waals surface area (Å²) in [4.78, 5) is 17.2. The van der Waals surface area contributed by atoms with Crippen LogP contribution in [0.25, 0.3) is 0 Å². The van der Waals surface area contributed by atoms with E-state index in [1.807, 2.05) is 13.8 Å². The zero-order chi connectivity index (χ0) is 29.6. The maximum Gasteiger partial charge on any atom is 0.320 e. The summed E-state index contributed by atoms with van der Waals surface area (Å²) in [6.07, 6.45) is 0.861. The van der Waals surface area contributed by atoms with E-state index in [0.717, 1.165) is 11.1 Å². The summed E-state index contributed by atoms with van der Waals surface area (Å²) in [5.41, 5.74) is 2.35. The van der Waals surface area contributed by atoms with Gasteiger partial charge in [-0.1, -0.05) is 42.0 Å². The molecule has 0 aromatic heterocycles. The summed E-state index contributed by atoms with van der Waals surface area (Å²) >= 11 is 0. The Bertz CT molecular complexity index is 1330. The van der Waals surface area contributed by atoms with Crippen LogP contribution in [-0.4, -0.2) is 107 Å². The van der Waals surface area contributed by atoms with Gasteiger partial charge in [0.05, 0.1) is 23.0 Å². The van der Waals surface area contributed by atoms with Gasteiger partial charge in [-0.2, -0.15) is 8.61 Å². The highest BCUT2D eigenvalue weighted by Gasteiger charge is 2.30. The average molecular weight is 605 g/mol. The third-order valence-corrected chi connectivity index (χ3v) is 11.1. The number of sulfonamides is 2. The number of rotatable bonds is 4. The summed E-state index contributed by atoms with van der Waals surface area (Å²) in [6, 6.07) is 13.1. The number of urea groups is 1. The molecule has 224 valence electrons. The van der Waals surface area contributed by atoms with E-state index in [1.54, 1.807) is 58.3 Å². The van der Waals surface area contributed by atoms with E-state index in [2.05, 4.69) is 6.58 Å². The van der Waals surface area contributed by atoms with Gasteiger partial charge in [0.15, 0.2) is 0 Å². The molecule has 12 heteroatoms. The number of hydrogen-bond donors (Lipinski definition) is 0. The molecule has 0 N–H and O–H groups in total. The monoisotopic (exact) mass is 604 g/mol. The number of benzene rings is 2. The van der Waals surface area contributed by atoms with Gasteiger partial charge >= 0.3 is 6.03 Å². The van der Waals surface area contributed by atoms with Crippen molar-refractivity contribution in [1.82, 2.24) is 18.4 Å². The second kappa shape index (κ2) is 13.5. The van der Waals surface area contributed by atoms with E-state index in [1.165, 1.54) is 8.61 Å². The molecule has 2 fully saturated rings. The van der Waals surface area contributed by atoms with Crippen LogP contribution in [-0.2, 0) is 24.8 Å². The summed E-state index contributed by atoms with van der Waals surface area (Å²) in [5.74, 6) is 0. The minimum Gasteiger partial charge on any atom is -0.378 e. The molecule has 0 aliphatic carbocycles. The molecule has 2 aromatic carbocycles. The van der Waals surface area contributed by atoms with Crippen LogP contribution in [0, 0.1) is 13.8 Å². The van der Waals surface area contributed by atoms with Crippen LogP contribution in [0.4, 0.5) is 4.79 Å². The Labute approximate surface area is 244 Å². The number of amides is 2. The molecule has 0 radical (unpaired) electrons. The number of nitrogens with zero attached hydrogens (tertiary/aromatic N) is 4. The number of morpholine rings is 1. The third-order valence-electron chi connectivity index (χ3n) is 7.34. The van der Waals surface area contributed by atoms with Crippen molar-refractivity contribution in [1.29, 1.82) is 0 Å². The maximum absolute atomic E-state index is 13.7. The Morgan fingerprint density at radius 1 is 0.659 bits per heavy atom. The summed E-state index contributed by atoms with van der Waals surface area (Å²) < 4.78 is 62.9. The topological polar surface area (TPSA) is 108 Å². The minimum atomic E-state index is -3.89. The predicted octanol–water partition coefficient (Wildman–Crippen LogP) is 3.09. The molecule has 0 bridgehead atoms. The van der Waals surface area contributed by atoms with Crippen LogP contribution >= 0.6 is 0 Å². The first kappa shape index (κ1) is 31.2. The summed E-state index contributed by atoms with van der Waals surface area (Å²) in [5, 5.41) is 0. The molecule has 2 aliphatic heterocycles. The van der Waals surface area contributed by atoms with Crippen LogP contribution in [0.3, 0.4) is 0 Å². The number of ether oxygens (including phenoxy) is 1. The fourth-order valence-corrected chi connectivity index (χ4v) is 7.97. The number of carbonyl (C=O) groups is 1. The lowest BCUT2D eigenvalue weighted by molar-refractivity contribution is 0.0428. The van der Waals surface area contributed by atoms with E-state index in [4.69, 9.17) is 4.74 Å². The highest BCUT2D eigenvalue weighted by Crippen LogP contribution is 2.22. The third kappa shape index (κ3) is 7.75. The molecule has 4 rings (SSSR count). The number of carbonyl (C=O) groups excluding carboxylic acids is 1. The Balaban J connectivity index is 1.64. The van der Waals surface area contributed by atoms with Crippen LogP contribution in [0.1, 0.15) is 24.0 Å². The van der Waals surface area contributed by atoms with Gasteiger partial charge in [0.2, 0.25) is 20.0 Å². The van der Waals surface area contributed by atoms with Gasteiger partial charge in [-0.25, -0.2) is 21.6 Å². The van der Waals surface area contributed by atoms with Crippen molar-refractivity contribution in [3.8, 4) is 0 Å². The largest absolute Gasteiger partial charge is 0.378 e. The molecule has 2 heterocycles. The van der Waals surface area contributed by atoms with E-state index >= 15 is 0 Å². The second-order valence-corrected chi connectivity index (χ2v) is 14.5. The molecule has 10 nitrogen and oxygen atoms in total. The molecular formula is C29H40N4O6S2. The molecule has 2 aromatic rings. The minimum absolute atomic E-state index is 0.0342. The maximum atomic E-state index is 13.7. The van der Waals surface area contributed by atoms with Crippen LogP contribution in [0.5, 0.6) is 0 Å². The van der Waals surface area contributed by atoms with Gasteiger partial charge in [0.1, 0.15) is 0 Å². The molecule has 0 saturated carbocycles. The van der Waals surface area contributed by atoms with Crippen molar-refractivity contribution in [2.24, 2.45) is 0 Å². The van der Waals surface area contributed by atoms with Crippen LogP contribution in [0.2, 0.25) is 0 Å².